The molecule has 19 heavy (non-hydrogen) atoms. The predicted octanol–water partition coefficient (Wildman–Crippen LogP) is 5.19. The summed E-state index contributed by atoms with van der Waals surface area (Å²) in [6.07, 6.45) is 6.86. The molecule has 0 aliphatic heterocycles. The molecule has 1 aliphatic carbocycles. The van der Waals surface area contributed by atoms with Crippen LogP contribution in [-0.4, -0.2) is 5.78 Å². The third kappa shape index (κ3) is 2.86. The normalized spacial score (nSPS) is 16.3. The van der Waals surface area contributed by atoms with Crippen LogP contribution in [0.2, 0.25) is 0 Å². The average molecular weight is 276 g/mol. The van der Waals surface area contributed by atoms with Gasteiger partial charge >= 0.3 is 0 Å². The lowest BCUT2D eigenvalue weighted by Crippen LogP contribution is -2.00. The Balaban J connectivity index is 1.70. The van der Waals surface area contributed by atoms with Gasteiger partial charge in [-0.25, -0.2) is 4.39 Å². The van der Waals surface area contributed by atoms with Crippen molar-refractivity contribution in [1.29, 1.82) is 0 Å². The maximum atomic E-state index is 13.1. The Morgan fingerprint density at radius 1 is 1.26 bits per heavy atom. The Labute approximate surface area is 116 Å². The molecule has 0 saturated heterocycles. The van der Waals surface area contributed by atoms with Gasteiger partial charge in [0.2, 0.25) is 0 Å². The van der Waals surface area contributed by atoms with E-state index in [1.54, 1.807) is 6.07 Å². The molecule has 0 N–H and O–H groups in total. The number of carbonyl (C=O) groups excluding carboxylic acids is 1. The summed E-state index contributed by atoms with van der Waals surface area (Å²) in [5.74, 6) is 0.722. The molecule has 1 nitrogen and oxygen atoms in total. The summed E-state index contributed by atoms with van der Waals surface area (Å²) in [6.45, 7) is 0. The Morgan fingerprint density at radius 3 is 2.84 bits per heavy atom. The van der Waals surface area contributed by atoms with Crippen LogP contribution in [0.25, 0.3) is 10.1 Å². The van der Waals surface area contributed by atoms with Gasteiger partial charge in [0.15, 0.2) is 5.78 Å². The fraction of sp³-hybridized carbons (Fsp3) is 0.438. The lowest BCUT2D eigenvalue weighted by molar-refractivity contribution is 0.0978. The van der Waals surface area contributed by atoms with Crippen LogP contribution in [0.4, 0.5) is 4.39 Å². The molecule has 3 heteroatoms. The van der Waals surface area contributed by atoms with E-state index in [4.69, 9.17) is 0 Å². The molecule has 100 valence electrons. The molecule has 1 aromatic carbocycles. The standard InChI is InChI=1S/C16H17FOS/c17-13-6-8-15-12(9-13)10-16(19-15)14(18)7-5-11-3-1-2-4-11/h6,8-11H,1-5,7H2. The van der Waals surface area contributed by atoms with Crippen LogP contribution in [0.5, 0.6) is 0 Å². The fourth-order valence-electron chi connectivity index (χ4n) is 2.91. The summed E-state index contributed by atoms with van der Waals surface area (Å²) in [5.41, 5.74) is 0. The van der Waals surface area contributed by atoms with E-state index in [0.717, 1.165) is 27.3 Å². The highest BCUT2D eigenvalue weighted by molar-refractivity contribution is 7.20. The molecular formula is C16H17FOS. The van der Waals surface area contributed by atoms with E-state index in [1.807, 2.05) is 6.07 Å². The van der Waals surface area contributed by atoms with Gasteiger partial charge in [0.25, 0.3) is 0 Å². The van der Waals surface area contributed by atoms with Crippen molar-refractivity contribution in [3.8, 4) is 0 Å². The van der Waals surface area contributed by atoms with Crippen molar-refractivity contribution in [2.24, 2.45) is 5.92 Å². The molecule has 1 aromatic heterocycles. The highest BCUT2D eigenvalue weighted by atomic mass is 32.1. The van der Waals surface area contributed by atoms with Crippen LogP contribution in [0.15, 0.2) is 24.3 Å². The smallest absolute Gasteiger partial charge is 0.172 e. The Kier molecular flexibility index (Phi) is 3.65. The number of thiophene rings is 1. The molecule has 0 radical (unpaired) electrons. The summed E-state index contributed by atoms with van der Waals surface area (Å²) in [4.78, 5) is 12.9. The lowest BCUT2D eigenvalue weighted by Gasteiger charge is -2.06. The van der Waals surface area contributed by atoms with Gasteiger partial charge in [-0.3, -0.25) is 4.79 Å². The van der Waals surface area contributed by atoms with Gasteiger partial charge in [-0.2, -0.15) is 0 Å². The van der Waals surface area contributed by atoms with Gasteiger partial charge in [-0.15, -0.1) is 11.3 Å². The van der Waals surface area contributed by atoms with Gasteiger partial charge in [-0.1, -0.05) is 25.7 Å². The maximum Gasteiger partial charge on any atom is 0.172 e. The van der Waals surface area contributed by atoms with Crippen molar-refractivity contribution in [3.63, 3.8) is 0 Å². The number of halogens is 1. The minimum absolute atomic E-state index is 0.216. The van der Waals surface area contributed by atoms with Crippen LogP contribution in [0.3, 0.4) is 0 Å². The summed E-state index contributed by atoms with van der Waals surface area (Å²) < 4.78 is 14.1. The SMILES string of the molecule is O=C(CCC1CCCC1)c1cc2cc(F)ccc2s1. The molecule has 1 aliphatic rings. The zero-order chi connectivity index (χ0) is 13.2. The van der Waals surface area contributed by atoms with Crippen molar-refractivity contribution < 1.29 is 9.18 Å². The first-order chi connectivity index (χ1) is 9.22. The number of benzene rings is 1. The minimum Gasteiger partial charge on any atom is -0.293 e. The van der Waals surface area contributed by atoms with E-state index in [2.05, 4.69) is 0 Å². The first kappa shape index (κ1) is 12.8. The van der Waals surface area contributed by atoms with Crippen molar-refractivity contribution in [2.45, 2.75) is 38.5 Å². The van der Waals surface area contributed by atoms with E-state index >= 15 is 0 Å². The highest BCUT2D eigenvalue weighted by Gasteiger charge is 2.17. The summed E-state index contributed by atoms with van der Waals surface area (Å²) in [7, 11) is 0. The quantitative estimate of drug-likeness (QED) is 0.702. The second-order valence-electron chi connectivity index (χ2n) is 5.41. The second-order valence-corrected chi connectivity index (χ2v) is 6.49. The molecule has 2 aromatic rings. The van der Waals surface area contributed by atoms with Crippen LogP contribution in [-0.2, 0) is 0 Å². The second kappa shape index (κ2) is 5.41. The minimum atomic E-state index is -0.241. The maximum absolute atomic E-state index is 13.1. The fourth-order valence-corrected chi connectivity index (χ4v) is 3.92. The molecule has 0 bridgehead atoms. The number of rotatable bonds is 4. The van der Waals surface area contributed by atoms with Crippen LogP contribution < -0.4 is 0 Å². The lowest BCUT2D eigenvalue weighted by atomic mass is 10.00. The van der Waals surface area contributed by atoms with Gasteiger partial charge in [0.05, 0.1) is 4.88 Å². The molecule has 1 heterocycles. The number of hydrogen-bond acceptors (Lipinski definition) is 2. The zero-order valence-corrected chi connectivity index (χ0v) is 11.6. The van der Waals surface area contributed by atoms with E-state index in [-0.39, 0.29) is 11.6 Å². The first-order valence-corrected chi connectivity index (χ1v) is 7.76. The third-order valence-electron chi connectivity index (χ3n) is 4.01. The average Bonchev–Trinajstić information content (AvgIpc) is 3.04. The Morgan fingerprint density at radius 2 is 2.05 bits per heavy atom. The van der Waals surface area contributed by atoms with Crippen LogP contribution in [0, 0.1) is 11.7 Å². The number of carbonyl (C=O) groups is 1. The predicted molar refractivity (Wildman–Crippen MR) is 77.3 cm³/mol. The molecule has 0 unspecified atom stereocenters. The molecule has 1 saturated carbocycles. The molecule has 3 rings (SSSR count). The monoisotopic (exact) mass is 276 g/mol. The molecule has 0 atom stereocenters. The zero-order valence-electron chi connectivity index (χ0n) is 10.8. The number of ketones is 1. The van der Waals surface area contributed by atoms with E-state index < -0.39 is 0 Å². The highest BCUT2D eigenvalue weighted by Crippen LogP contribution is 2.31. The number of Topliss-reactive ketones (excluding diaryl/α,β-unsaturated/α-hetero) is 1. The first-order valence-electron chi connectivity index (χ1n) is 6.95. The largest absolute Gasteiger partial charge is 0.293 e. The van der Waals surface area contributed by atoms with Gasteiger partial charge < -0.3 is 0 Å². The molecule has 0 spiro atoms. The van der Waals surface area contributed by atoms with E-state index in [0.29, 0.717) is 6.42 Å². The van der Waals surface area contributed by atoms with Crippen molar-refractivity contribution >= 4 is 27.2 Å². The summed E-state index contributed by atoms with van der Waals surface area (Å²) in [5, 5.41) is 0.842. The molecule has 0 amide bonds. The van der Waals surface area contributed by atoms with Crippen molar-refractivity contribution in [3.05, 3.63) is 35.0 Å². The van der Waals surface area contributed by atoms with Crippen molar-refractivity contribution in [1.82, 2.24) is 0 Å². The van der Waals surface area contributed by atoms with Crippen LogP contribution >= 0.6 is 11.3 Å². The number of hydrogen-bond donors (Lipinski definition) is 0. The van der Waals surface area contributed by atoms with Gasteiger partial charge in [0.1, 0.15) is 5.82 Å². The van der Waals surface area contributed by atoms with E-state index in [1.165, 1.54) is 49.2 Å². The van der Waals surface area contributed by atoms with Crippen molar-refractivity contribution in [2.75, 3.05) is 0 Å². The summed E-state index contributed by atoms with van der Waals surface area (Å²) >= 11 is 1.48. The van der Waals surface area contributed by atoms with Gasteiger partial charge in [0, 0.05) is 11.1 Å². The number of fused-ring (bicyclic) bond motifs is 1. The molecule has 1 fully saturated rings. The Hall–Kier alpha value is -1.22. The Bertz CT molecular complexity index is 596. The van der Waals surface area contributed by atoms with Gasteiger partial charge in [-0.05, 0) is 42.0 Å². The summed E-state index contributed by atoms with van der Waals surface area (Å²) in [6, 6.07) is 6.54. The molecular weight excluding hydrogens is 259 g/mol. The topological polar surface area (TPSA) is 17.1 Å². The van der Waals surface area contributed by atoms with Crippen LogP contribution in [0.1, 0.15) is 48.2 Å². The van der Waals surface area contributed by atoms with E-state index in [9.17, 15) is 9.18 Å². The third-order valence-corrected chi connectivity index (χ3v) is 5.16.